The van der Waals surface area contributed by atoms with Crippen LogP contribution in [0.3, 0.4) is 0 Å². The molecule has 1 aromatic rings. The zero-order valence-electron chi connectivity index (χ0n) is 12.0. The normalized spacial score (nSPS) is 22.6. The van der Waals surface area contributed by atoms with Crippen LogP contribution in [0.2, 0.25) is 0 Å². The summed E-state index contributed by atoms with van der Waals surface area (Å²) in [7, 11) is 2.07. The smallest absolute Gasteiger partial charge is 0.0328 e. The molecule has 1 nitrogen and oxygen atoms in total. The van der Waals surface area contributed by atoms with Crippen LogP contribution in [-0.2, 0) is 10.8 Å². The Hall–Kier alpha value is -0.820. The lowest BCUT2D eigenvalue weighted by Crippen LogP contribution is -2.17. The number of benzene rings is 1. The largest absolute Gasteiger partial charge is 0.313 e. The minimum absolute atomic E-state index is 0.236. The molecular formula is C16H25N. The number of nitrogens with one attached hydrogen (secondary N) is 1. The van der Waals surface area contributed by atoms with Crippen molar-refractivity contribution in [3.63, 3.8) is 0 Å². The maximum absolute atomic E-state index is 3.45. The van der Waals surface area contributed by atoms with Gasteiger partial charge < -0.3 is 5.32 Å². The maximum Gasteiger partial charge on any atom is 0.0328 e. The minimum Gasteiger partial charge on any atom is -0.313 e. The summed E-state index contributed by atoms with van der Waals surface area (Å²) < 4.78 is 0. The highest BCUT2D eigenvalue weighted by Crippen LogP contribution is 2.45. The van der Waals surface area contributed by atoms with Crippen LogP contribution in [0.5, 0.6) is 0 Å². The average Bonchev–Trinajstić information content (AvgIpc) is 2.49. The predicted molar refractivity (Wildman–Crippen MR) is 74.6 cm³/mol. The molecule has 0 amide bonds. The molecule has 0 aliphatic heterocycles. The van der Waals surface area contributed by atoms with Gasteiger partial charge in [0.15, 0.2) is 0 Å². The molecule has 0 saturated carbocycles. The van der Waals surface area contributed by atoms with Crippen molar-refractivity contribution >= 4 is 0 Å². The summed E-state index contributed by atoms with van der Waals surface area (Å²) in [5.41, 5.74) is 5.00. The van der Waals surface area contributed by atoms with Gasteiger partial charge in [0.05, 0.1) is 0 Å². The van der Waals surface area contributed by atoms with Gasteiger partial charge in [-0.15, -0.1) is 0 Å². The van der Waals surface area contributed by atoms with Crippen molar-refractivity contribution in [3.05, 3.63) is 34.9 Å². The first-order valence-electron chi connectivity index (χ1n) is 6.58. The van der Waals surface area contributed by atoms with Crippen molar-refractivity contribution in [3.8, 4) is 0 Å². The number of fused-ring (bicyclic) bond motifs is 1. The van der Waals surface area contributed by atoms with Gasteiger partial charge in [0, 0.05) is 6.04 Å². The van der Waals surface area contributed by atoms with Crippen molar-refractivity contribution in [2.45, 2.75) is 57.9 Å². The second-order valence-corrected chi connectivity index (χ2v) is 6.98. The highest BCUT2D eigenvalue weighted by molar-refractivity contribution is 5.45. The summed E-state index contributed by atoms with van der Waals surface area (Å²) in [5.74, 6) is 0. The summed E-state index contributed by atoms with van der Waals surface area (Å²) in [4.78, 5) is 0. The van der Waals surface area contributed by atoms with Crippen LogP contribution in [0.25, 0.3) is 0 Å². The van der Waals surface area contributed by atoms with Gasteiger partial charge in [0.2, 0.25) is 0 Å². The average molecular weight is 231 g/mol. The van der Waals surface area contributed by atoms with E-state index in [9.17, 15) is 0 Å². The van der Waals surface area contributed by atoms with Gasteiger partial charge in [-0.2, -0.15) is 0 Å². The Morgan fingerprint density at radius 1 is 1.24 bits per heavy atom. The van der Waals surface area contributed by atoms with Crippen LogP contribution in [0.1, 0.15) is 63.8 Å². The third kappa shape index (κ3) is 2.13. The van der Waals surface area contributed by atoms with Gasteiger partial charge >= 0.3 is 0 Å². The molecule has 94 valence electrons. The molecular weight excluding hydrogens is 206 g/mol. The molecule has 1 atom stereocenters. The molecule has 1 heteroatoms. The molecule has 0 spiro atoms. The van der Waals surface area contributed by atoms with Crippen molar-refractivity contribution < 1.29 is 0 Å². The van der Waals surface area contributed by atoms with Crippen LogP contribution in [0.15, 0.2) is 18.2 Å². The minimum atomic E-state index is 0.236. The molecule has 1 aliphatic rings. The maximum atomic E-state index is 3.45. The van der Waals surface area contributed by atoms with Crippen LogP contribution in [0, 0.1) is 0 Å². The molecule has 1 aliphatic carbocycles. The number of rotatable bonds is 1. The standard InChI is InChI=1S/C16H25N/c1-15(2,3)11-7-8-13-12(9-11)14(17-6)10-16(13,4)5/h7-9,14,17H,10H2,1-6H3. The van der Waals surface area contributed by atoms with Crippen LogP contribution in [-0.4, -0.2) is 7.05 Å². The van der Waals surface area contributed by atoms with E-state index in [1.165, 1.54) is 23.1 Å². The molecule has 1 N–H and O–H groups in total. The Kier molecular flexibility index (Phi) is 2.86. The van der Waals surface area contributed by atoms with E-state index in [4.69, 9.17) is 0 Å². The van der Waals surface area contributed by atoms with Gasteiger partial charge in [0.25, 0.3) is 0 Å². The van der Waals surface area contributed by atoms with E-state index in [-0.39, 0.29) is 5.41 Å². The highest BCUT2D eigenvalue weighted by atomic mass is 14.9. The summed E-state index contributed by atoms with van der Waals surface area (Å²) >= 11 is 0. The monoisotopic (exact) mass is 231 g/mol. The van der Waals surface area contributed by atoms with Gasteiger partial charge in [-0.05, 0) is 41.0 Å². The van der Waals surface area contributed by atoms with Crippen LogP contribution >= 0.6 is 0 Å². The number of hydrogen-bond donors (Lipinski definition) is 1. The molecule has 2 rings (SSSR count). The summed E-state index contributed by atoms with van der Waals surface area (Å²) in [5, 5.41) is 3.45. The van der Waals surface area contributed by atoms with Crippen molar-refractivity contribution in [1.29, 1.82) is 0 Å². The first-order chi connectivity index (χ1) is 7.75. The van der Waals surface area contributed by atoms with Crippen molar-refractivity contribution in [2.24, 2.45) is 0 Å². The Labute approximate surface area is 106 Å². The van der Waals surface area contributed by atoms with Gasteiger partial charge in [-0.3, -0.25) is 0 Å². The van der Waals surface area contributed by atoms with Crippen LogP contribution in [0.4, 0.5) is 0 Å². The first kappa shape index (κ1) is 12.6. The van der Waals surface area contributed by atoms with E-state index in [2.05, 4.69) is 65.2 Å². The molecule has 0 heterocycles. The molecule has 0 saturated heterocycles. The topological polar surface area (TPSA) is 12.0 Å². The van der Waals surface area contributed by atoms with Crippen LogP contribution < -0.4 is 5.32 Å². The van der Waals surface area contributed by atoms with Crippen molar-refractivity contribution in [2.75, 3.05) is 7.05 Å². The van der Waals surface area contributed by atoms with E-state index in [0.29, 0.717) is 11.5 Å². The first-order valence-corrected chi connectivity index (χ1v) is 6.58. The summed E-state index contributed by atoms with van der Waals surface area (Å²) in [6, 6.07) is 7.57. The molecule has 1 unspecified atom stereocenters. The molecule has 0 aromatic heterocycles. The molecule has 0 bridgehead atoms. The van der Waals surface area contributed by atoms with E-state index in [1.54, 1.807) is 0 Å². The summed E-state index contributed by atoms with van der Waals surface area (Å²) in [6.45, 7) is 11.5. The fraction of sp³-hybridized carbons (Fsp3) is 0.625. The quantitative estimate of drug-likeness (QED) is 0.772. The lowest BCUT2D eigenvalue weighted by Gasteiger charge is -2.22. The molecule has 0 fully saturated rings. The van der Waals surface area contributed by atoms with E-state index in [0.717, 1.165) is 0 Å². The predicted octanol–water partition coefficient (Wildman–Crippen LogP) is 3.93. The third-order valence-corrected chi connectivity index (χ3v) is 4.09. The Balaban J connectivity index is 2.52. The SMILES string of the molecule is CNC1CC(C)(C)c2ccc(C(C)(C)C)cc21. The second kappa shape index (κ2) is 3.84. The Bertz CT molecular complexity index is 424. The fourth-order valence-corrected chi connectivity index (χ4v) is 2.92. The zero-order chi connectivity index (χ0) is 12.8. The molecule has 17 heavy (non-hydrogen) atoms. The molecule has 1 aromatic carbocycles. The van der Waals surface area contributed by atoms with E-state index in [1.807, 2.05) is 0 Å². The van der Waals surface area contributed by atoms with Crippen molar-refractivity contribution in [1.82, 2.24) is 5.32 Å². The third-order valence-electron chi connectivity index (χ3n) is 4.09. The van der Waals surface area contributed by atoms with Gasteiger partial charge in [-0.1, -0.05) is 52.8 Å². The molecule has 0 radical (unpaired) electrons. The fourth-order valence-electron chi connectivity index (χ4n) is 2.92. The summed E-state index contributed by atoms with van der Waals surface area (Å²) in [6.07, 6.45) is 1.20. The highest BCUT2D eigenvalue weighted by Gasteiger charge is 2.36. The second-order valence-electron chi connectivity index (χ2n) is 6.98. The lowest BCUT2D eigenvalue weighted by molar-refractivity contribution is 0.447. The Morgan fingerprint density at radius 3 is 2.41 bits per heavy atom. The van der Waals surface area contributed by atoms with E-state index < -0.39 is 0 Å². The zero-order valence-corrected chi connectivity index (χ0v) is 12.0. The van der Waals surface area contributed by atoms with Gasteiger partial charge in [0.1, 0.15) is 0 Å². The lowest BCUT2D eigenvalue weighted by atomic mass is 9.82. The van der Waals surface area contributed by atoms with Gasteiger partial charge in [-0.25, -0.2) is 0 Å². The van der Waals surface area contributed by atoms with E-state index >= 15 is 0 Å². The Morgan fingerprint density at radius 2 is 1.88 bits per heavy atom. The number of hydrogen-bond acceptors (Lipinski definition) is 1.